The van der Waals surface area contributed by atoms with Gasteiger partial charge in [0.1, 0.15) is 0 Å². The Labute approximate surface area is 234 Å². The molecule has 1 fully saturated rings. The molecule has 0 spiro atoms. The van der Waals surface area contributed by atoms with Gasteiger partial charge in [-0.1, -0.05) is 91.0 Å². The minimum absolute atomic E-state index is 0.0304. The van der Waals surface area contributed by atoms with Crippen LogP contribution in [-0.2, 0) is 19.1 Å². The second-order valence-corrected chi connectivity index (χ2v) is 9.38. The molecule has 0 bridgehead atoms. The number of rotatable bonds is 11. The van der Waals surface area contributed by atoms with Gasteiger partial charge in [-0.2, -0.15) is 0 Å². The first kappa shape index (κ1) is 30.5. The molecule has 1 aliphatic rings. The van der Waals surface area contributed by atoms with E-state index in [2.05, 4.69) is 88.3 Å². The highest BCUT2D eigenvalue weighted by Crippen LogP contribution is 2.27. The third kappa shape index (κ3) is 10.6. The summed E-state index contributed by atoms with van der Waals surface area (Å²) in [5.74, 6) is -3.36. The zero-order valence-electron chi connectivity index (χ0n) is 22.4. The molecule has 0 saturated carbocycles. The van der Waals surface area contributed by atoms with E-state index in [9.17, 15) is 4.79 Å². The Bertz CT molecular complexity index is 1120. The van der Waals surface area contributed by atoms with E-state index < -0.39 is 11.9 Å². The fourth-order valence-corrected chi connectivity index (χ4v) is 4.55. The molecule has 9 nitrogen and oxygen atoms in total. The second-order valence-electron chi connectivity index (χ2n) is 9.38. The Hall–Kier alpha value is -4.05. The Morgan fingerprint density at radius 3 is 1.70 bits per heavy atom. The van der Waals surface area contributed by atoms with Crippen LogP contribution in [0.4, 0.5) is 0 Å². The van der Waals surface area contributed by atoms with Gasteiger partial charge in [0.05, 0.1) is 19.8 Å². The second kappa shape index (κ2) is 16.8. The van der Waals surface area contributed by atoms with Gasteiger partial charge >= 0.3 is 11.9 Å². The lowest BCUT2D eigenvalue weighted by molar-refractivity contribution is -0.159. The van der Waals surface area contributed by atoms with Gasteiger partial charge in [0.15, 0.2) is 0 Å². The number of aliphatic carboxylic acids is 2. The molecule has 1 amide bonds. The molecular formula is C31H37N3O6. The Morgan fingerprint density at radius 1 is 0.750 bits per heavy atom. The molecule has 9 heteroatoms. The van der Waals surface area contributed by atoms with Crippen LogP contribution >= 0.6 is 0 Å². The van der Waals surface area contributed by atoms with Gasteiger partial charge in [0.2, 0.25) is 5.91 Å². The molecule has 0 aliphatic carbocycles. The van der Waals surface area contributed by atoms with Crippen molar-refractivity contribution >= 4 is 17.8 Å². The van der Waals surface area contributed by atoms with Gasteiger partial charge in [-0.3, -0.25) is 9.69 Å². The van der Waals surface area contributed by atoms with Crippen LogP contribution in [0.5, 0.6) is 0 Å². The maximum atomic E-state index is 12.7. The first-order valence-corrected chi connectivity index (χ1v) is 13.3. The summed E-state index contributed by atoms with van der Waals surface area (Å²) in [4.78, 5) is 33.3. The van der Waals surface area contributed by atoms with Crippen LogP contribution in [0.3, 0.4) is 0 Å². The molecule has 1 aliphatic heterocycles. The number of ether oxygens (including phenoxy) is 1. The lowest BCUT2D eigenvalue weighted by Gasteiger charge is -2.31. The number of benzene rings is 3. The summed E-state index contributed by atoms with van der Waals surface area (Å²) in [5, 5.41) is 21.4. The SMILES string of the molecule is O=C(CNC(CN1CCOCC1)c1ccccc1)NCCC(c1ccccc1)c1ccccc1.O=C(O)C(=O)O. The first-order valence-electron chi connectivity index (χ1n) is 13.3. The number of nitrogens with zero attached hydrogens (tertiary/aromatic N) is 1. The quantitative estimate of drug-likeness (QED) is 0.270. The van der Waals surface area contributed by atoms with Crippen molar-refractivity contribution in [2.75, 3.05) is 45.9 Å². The molecule has 1 atom stereocenters. The van der Waals surface area contributed by atoms with E-state index in [0.717, 1.165) is 39.3 Å². The Morgan fingerprint density at radius 2 is 1.23 bits per heavy atom. The molecular weight excluding hydrogens is 510 g/mol. The summed E-state index contributed by atoms with van der Waals surface area (Å²) < 4.78 is 5.49. The van der Waals surface area contributed by atoms with Crippen molar-refractivity contribution in [3.63, 3.8) is 0 Å². The van der Waals surface area contributed by atoms with Gasteiger partial charge in [0, 0.05) is 38.1 Å². The van der Waals surface area contributed by atoms with E-state index in [0.29, 0.717) is 13.1 Å². The van der Waals surface area contributed by atoms with E-state index in [1.54, 1.807) is 0 Å². The third-order valence-electron chi connectivity index (χ3n) is 6.60. The number of carbonyl (C=O) groups excluding carboxylic acids is 1. The molecule has 1 heterocycles. The zero-order valence-corrected chi connectivity index (χ0v) is 22.4. The van der Waals surface area contributed by atoms with Crippen molar-refractivity contribution in [3.8, 4) is 0 Å². The average Bonchev–Trinajstić information content (AvgIpc) is 2.99. The number of carboxylic acids is 2. The molecule has 3 aromatic carbocycles. The number of morpholine rings is 1. The maximum absolute atomic E-state index is 12.7. The van der Waals surface area contributed by atoms with Crippen LogP contribution in [0.25, 0.3) is 0 Å². The monoisotopic (exact) mass is 547 g/mol. The summed E-state index contributed by atoms with van der Waals surface area (Å²) in [6, 6.07) is 31.5. The molecule has 1 unspecified atom stereocenters. The van der Waals surface area contributed by atoms with Crippen molar-refractivity contribution in [3.05, 3.63) is 108 Å². The molecule has 40 heavy (non-hydrogen) atoms. The lowest BCUT2D eigenvalue weighted by Crippen LogP contribution is -2.44. The van der Waals surface area contributed by atoms with Gasteiger partial charge in [0.25, 0.3) is 0 Å². The normalized spacial score (nSPS) is 14.0. The molecule has 0 aromatic heterocycles. The van der Waals surface area contributed by atoms with Gasteiger partial charge in [-0.05, 0) is 23.1 Å². The average molecular weight is 548 g/mol. The fraction of sp³-hybridized carbons (Fsp3) is 0.323. The van der Waals surface area contributed by atoms with Crippen molar-refractivity contribution < 1.29 is 29.3 Å². The van der Waals surface area contributed by atoms with E-state index >= 15 is 0 Å². The molecule has 4 N–H and O–H groups in total. The van der Waals surface area contributed by atoms with Crippen molar-refractivity contribution in [2.45, 2.75) is 18.4 Å². The predicted octanol–water partition coefficient (Wildman–Crippen LogP) is 3.14. The number of carbonyl (C=O) groups is 3. The number of amides is 1. The van der Waals surface area contributed by atoms with Crippen LogP contribution < -0.4 is 10.6 Å². The first-order chi connectivity index (χ1) is 19.4. The Balaban J connectivity index is 0.000000663. The fourth-order valence-electron chi connectivity index (χ4n) is 4.55. The van der Waals surface area contributed by atoms with E-state index in [-0.39, 0.29) is 17.9 Å². The van der Waals surface area contributed by atoms with E-state index in [1.165, 1.54) is 16.7 Å². The molecule has 3 aromatic rings. The van der Waals surface area contributed by atoms with Gasteiger partial charge in [-0.25, -0.2) is 9.59 Å². The van der Waals surface area contributed by atoms with Crippen LogP contribution in [0, 0.1) is 0 Å². The van der Waals surface area contributed by atoms with E-state index in [4.69, 9.17) is 24.5 Å². The van der Waals surface area contributed by atoms with Crippen molar-refractivity contribution in [2.24, 2.45) is 0 Å². The third-order valence-corrected chi connectivity index (χ3v) is 6.60. The Kier molecular flexibility index (Phi) is 12.8. The molecule has 0 radical (unpaired) electrons. The molecule has 1 saturated heterocycles. The predicted molar refractivity (Wildman–Crippen MR) is 152 cm³/mol. The van der Waals surface area contributed by atoms with E-state index in [1.807, 2.05) is 18.2 Å². The smallest absolute Gasteiger partial charge is 0.414 e. The highest BCUT2D eigenvalue weighted by Gasteiger charge is 2.19. The molecule has 4 rings (SSSR count). The number of hydrogen-bond acceptors (Lipinski definition) is 6. The number of hydrogen-bond donors (Lipinski definition) is 4. The van der Waals surface area contributed by atoms with Crippen LogP contribution in [-0.4, -0.2) is 78.9 Å². The minimum atomic E-state index is -1.82. The standard InChI is InChI=1S/C29H35N3O2.C2H2O4/c33-29(22-31-28(26-14-8-3-9-15-26)23-32-18-20-34-21-19-32)30-17-16-27(24-10-4-1-5-11-24)25-12-6-2-7-13-25;3-1(4)2(5)6/h1-15,27-28,31H,16-23H2,(H,30,33);(H,3,4)(H,5,6). The number of nitrogens with one attached hydrogen (secondary N) is 2. The summed E-state index contributed by atoms with van der Waals surface area (Å²) in [6.07, 6.45) is 0.857. The highest BCUT2D eigenvalue weighted by molar-refractivity contribution is 6.27. The van der Waals surface area contributed by atoms with Gasteiger partial charge < -0.3 is 25.6 Å². The zero-order chi connectivity index (χ0) is 28.6. The van der Waals surface area contributed by atoms with Crippen molar-refractivity contribution in [1.82, 2.24) is 15.5 Å². The minimum Gasteiger partial charge on any atom is -0.473 e. The van der Waals surface area contributed by atoms with Crippen LogP contribution in [0.1, 0.15) is 35.1 Å². The molecule has 212 valence electrons. The highest BCUT2D eigenvalue weighted by atomic mass is 16.5. The largest absolute Gasteiger partial charge is 0.473 e. The van der Waals surface area contributed by atoms with Crippen LogP contribution in [0.2, 0.25) is 0 Å². The van der Waals surface area contributed by atoms with Crippen LogP contribution in [0.15, 0.2) is 91.0 Å². The maximum Gasteiger partial charge on any atom is 0.414 e. The lowest BCUT2D eigenvalue weighted by atomic mass is 9.88. The topological polar surface area (TPSA) is 128 Å². The van der Waals surface area contributed by atoms with Crippen molar-refractivity contribution in [1.29, 1.82) is 0 Å². The summed E-state index contributed by atoms with van der Waals surface area (Å²) in [7, 11) is 0. The summed E-state index contributed by atoms with van der Waals surface area (Å²) in [5.41, 5.74) is 3.75. The number of carboxylic acid groups (broad SMARTS) is 2. The summed E-state index contributed by atoms with van der Waals surface area (Å²) >= 11 is 0. The summed E-state index contributed by atoms with van der Waals surface area (Å²) in [6.45, 7) is 5.19. The van der Waals surface area contributed by atoms with Gasteiger partial charge in [-0.15, -0.1) is 0 Å².